The zero-order chi connectivity index (χ0) is 37.1. The third-order valence-electron chi connectivity index (χ3n) is 6.00. The predicted octanol–water partition coefficient (Wildman–Crippen LogP) is 3.55. The number of ether oxygens (including phenoxy) is 9. The van der Waals surface area contributed by atoms with Gasteiger partial charge in [0.15, 0.2) is 23.0 Å². The van der Waals surface area contributed by atoms with Crippen LogP contribution in [0.3, 0.4) is 0 Å². The second-order valence-corrected chi connectivity index (χ2v) is 9.32. The van der Waals surface area contributed by atoms with Gasteiger partial charge in [-0.25, -0.2) is 24.0 Å². The van der Waals surface area contributed by atoms with Crippen LogP contribution < -0.4 is 29.6 Å². The van der Waals surface area contributed by atoms with E-state index in [9.17, 15) is 33.6 Å². The number of esters is 1. The molecule has 0 aliphatic heterocycles. The Balaban J connectivity index is 1.98. The Morgan fingerprint density at radius 3 is 1.42 bits per heavy atom. The Hall–Kier alpha value is -6.59. The highest BCUT2D eigenvalue weighted by Gasteiger charge is 2.21. The van der Waals surface area contributed by atoms with E-state index < -0.39 is 48.4 Å². The van der Waals surface area contributed by atoms with Gasteiger partial charge in [-0.3, -0.25) is 9.59 Å². The molecule has 2 amide bonds. The van der Waals surface area contributed by atoms with E-state index in [0.717, 1.165) is 41.6 Å². The molecule has 0 heterocycles. The molecule has 0 spiro atoms. The molecule has 2 aromatic carbocycles. The lowest BCUT2D eigenvalue weighted by Crippen LogP contribution is -2.41. The molecule has 0 fully saturated rings. The van der Waals surface area contributed by atoms with E-state index in [4.69, 9.17) is 23.7 Å². The maximum atomic E-state index is 12.6. The van der Waals surface area contributed by atoms with Gasteiger partial charge >= 0.3 is 30.6 Å². The summed E-state index contributed by atoms with van der Waals surface area (Å²) in [6.45, 7) is 0.119. The first-order valence-electron chi connectivity index (χ1n) is 14.3. The van der Waals surface area contributed by atoms with Gasteiger partial charge in [-0.15, -0.1) is 0 Å². The molecule has 18 heteroatoms. The third-order valence-corrected chi connectivity index (χ3v) is 6.00. The van der Waals surface area contributed by atoms with Gasteiger partial charge in [-0.1, -0.05) is 12.1 Å². The summed E-state index contributed by atoms with van der Waals surface area (Å²) < 4.78 is 42.4. The molecular formula is C32H34N2O16. The molecule has 2 N–H and O–H groups in total. The fraction of sp³-hybridized carbons (Fsp3) is 0.281. The van der Waals surface area contributed by atoms with E-state index in [1.165, 1.54) is 54.6 Å². The van der Waals surface area contributed by atoms with E-state index in [2.05, 4.69) is 29.6 Å². The topological polar surface area (TPSA) is 227 Å². The lowest BCUT2D eigenvalue weighted by atomic mass is 10.1. The molecule has 2 rings (SSSR count). The standard InChI is InChI=1S/C32H34N2O16/c1-42-28(37)21(34-27(36)15-11-20-9-13-23(48-30(39)44-3)25(18-20)50-32(41)46-5)7-6-16-33-26(35)14-10-19-8-12-22(47-29(38)43-2)24(17-19)49-31(40)45-4/h8-15,17-18,21H,6-7,16H2,1-5H3,(H,33,35)(H,34,36)/b14-10+,15-11+/t21-/m0/s1. The molecule has 268 valence electrons. The third kappa shape index (κ3) is 13.6. The first-order valence-corrected chi connectivity index (χ1v) is 14.3. The average molecular weight is 703 g/mol. The number of rotatable bonds is 14. The predicted molar refractivity (Wildman–Crippen MR) is 169 cm³/mol. The fourth-order valence-corrected chi connectivity index (χ4v) is 3.64. The van der Waals surface area contributed by atoms with Crippen LogP contribution in [0.1, 0.15) is 24.0 Å². The van der Waals surface area contributed by atoms with Gasteiger partial charge < -0.3 is 53.3 Å². The van der Waals surface area contributed by atoms with E-state index in [1.54, 1.807) is 0 Å². The molecule has 2 aromatic rings. The number of hydrogen-bond acceptors (Lipinski definition) is 16. The van der Waals surface area contributed by atoms with Crippen LogP contribution in [0.5, 0.6) is 23.0 Å². The first kappa shape index (κ1) is 39.6. The highest BCUT2D eigenvalue weighted by molar-refractivity contribution is 5.95. The average Bonchev–Trinajstić information content (AvgIpc) is 3.12. The van der Waals surface area contributed by atoms with Crippen molar-refractivity contribution in [2.75, 3.05) is 42.1 Å². The molecule has 0 saturated heterocycles. The van der Waals surface area contributed by atoms with Gasteiger partial charge in [0.25, 0.3) is 0 Å². The monoisotopic (exact) mass is 702 g/mol. The van der Waals surface area contributed by atoms with E-state index in [0.29, 0.717) is 11.1 Å². The molecule has 0 saturated carbocycles. The van der Waals surface area contributed by atoms with Crippen molar-refractivity contribution >= 4 is 54.6 Å². The largest absolute Gasteiger partial charge is 0.513 e. The Labute approximate surface area is 285 Å². The summed E-state index contributed by atoms with van der Waals surface area (Å²) in [6.07, 6.45) is 1.12. The van der Waals surface area contributed by atoms with Gasteiger partial charge in [-0.2, -0.15) is 0 Å². The molecule has 0 radical (unpaired) electrons. The highest BCUT2D eigenvalue weighted by Crippen LogP contribution is 2.31. The molecule has 0 aromatic heterocycles. The van der Waals surface area contributed by atoms with Gasteiger partial charge in [0.05, 0.1) is 35.5 Å². The summed E-state index contributed by atoms with van der Waals surface area (Å²) in [5, 5.41) is 5.14. The SMILES string of the molecule is COC(=O)Oc1ccc(/C=C/C(=O)NCCC[C@H](NC(=O)/C=C/c2ccc(OC(=O)OC)c(OC(=O)OC)c2)C(=O)OC)cc1OC(=O)OC. The van der Waals surface area contributed by atoms with Crippen molar-refractivity contribution in [3.8, 4) is 23.0 Å². The number of methoxy groups -OCH3 is 5. The number of hydrogen-bond donors (Lipinski definition) is 2. The molecule has 0 bridgehead atoms. The lowest BCUT2D eigenvalue weighted by Gasteiger charge is -2.15. The summed E-state index contributed by atoms with van der Waals surface area (Å²) in [4.78, 5) is 83.4. The Bertz CT molecular complexity index is 1620. The zero-order valence-corrected chi connectivity index (χ0v) is 27.5. The number of carbonyl (C=O) groups excluding carboxylic acids is 7. The molecule has 0 aliphatic rings. The van der Waals surface area contributed by atoms with Crippen molar-refractivity contribution in [3.05, 3.63) is 59.7 Å². The number of carbonyl (C=O) groups is 7. The molecule has 18 nitrogen and oxygen atoms in total. The Morgan fingerprint density at radius 1 is 0.580 bits per heavy atom. The minimum absolute atomic E-state index is 0.100. The molecule has 0 aliphatic carbocycles. The zero-order valence-electron chi connectivity index (χ0n) is 27.5. The van der Waals surface area contributed by atoms with Gasteiger partial charge in [-0.05, 0) is 60.4 Å². The van der Waals surface area contributed by atoms with Crippen molar-refractivity contribution in [2.45, 2.75) is 18.9 Å². The van der Waals surface area contributed by atoms with Crippen molar-refractivity contribution in [2.24, 2.45) is 0 Å². The summed E-state index contributed by atoms with van der Waals surface area (Å²) in [5.74, 6) is -2.55. The number of amides is 2. The van der Waals surface area contributed by atoms with E-state index in [1.807, 2.05) is 0 Å². The summed E-state index contributed by atoms with van der Waals surface area (Å²) in [7, 11) is 5.51. The normalized spacial score (nSPS) is 11.1. The second-order valence-electron chi connectivity index (χ2n) is 9.32. The fourth-order valence-electron chi connectivity index (χ4n) is 3.64. The minimum Gasteiger partial charge on any atom is -0.467 e. The van der Waals surface area contributed by atoms with Gasteiger partial charge in [0.2, 0.25) is 11.8 Å². The van der Waals surface area contributed by atoms with Crippen LogP contribution in [0, 0.1) is 0 Å². The maximum Gasteiger partial charge on any atom is 0.513 e. The molecule has 0 unspecified atom stereocenters. The van der Waals surface area contributed by atoms with Crippen LogP contribution >= 0.6 is 0 Å². The summed E-state index contributed by atoms with van der Waals surface area (Å²) in [6, 6.07) is 7.09. The Morgan fingerprint density at radius 2 is 1.00 bits per heavy atom. The number of benzene rings is 2. The minimum atomic E-state index is -1.09. The quantitative estimate of drug-likeness (QED) is 0.0943. The molecular weight excluding hydrogens is 668 g/mol. The van der Waals surface area contributed by atoms with Crippen LogP contribution in [0.4, 0.5) is 19.2 Å². The lowest BCUT2D eigenvalue weighted by molar-refractivity contribution is -0.144. The molecule has 50 heavy (non-hydrogen) atoms. The van der Waals surface area contributed by atoms with Crippen molar-refractivity contribution < 1.29 is 76.2 Å². The van der Waals surface area contributed by atoms with Crippen molar-refractivity contribution in [1.29, 1.82) is 0 Å². The Kier molecular flexibility index (Phi) is 16.3. The van der Waals surface area contributed by atoms with Crippen LogP contribution in [-0.2, 0) is 38.1 Å². The smallest absolute Gasteiger partial charge is 0.467 e. The maximum absolute atomic E-state index is 12.6. The molecule has 1 atom stereocenters. The second kappa shape index (κ2) is 20.6. The van der Waals surface area contributed by atoms with Crippen LogP contribution in [0.25, 0.3) is 12.2 Å². The first-order chi connectivity index (χ1) is 23.9. The highest BCUT2D eigenvalue weighted by atomic mass is 16.8. The summed E-state index contributed by atoms with van der Waals surface area (Å²) >= 11 is 0. The van der Waals surface area contributed by atoms with Crippen LogP contribution in [0.15, 0.2) is 48.6 Å². The van der Waals surface area contributed by atoms with Crippen LogP contribution in [0.2, 0.25) is 0 Å². The number of nitrogens with one attached hydrogen (secondary N) is 2. The van der Waals surface area contributed by atoms with Gasteiger partial charge in [0, 0.05) is 18.7 Å². The van der Waals surface area contributed by atoms with Crippen molar-refractivity contribution in [1.82, 2.24) is 10.6 Å². The van der Waals surface area contributed by atoms with E-state index in [-0.39, 0.29) is 42.4 Å². The van der Waals surface area contributed by atoms with Crippen LogP contribution in [-0.4, -0.2) is 90.5 Å². The van der Waals surface area contributed by atoms with Crippen molar-refractivity contribution in [3.63, 3.8) is 0 Å². The van der Waals surface area contributed by atoms with E-state index >= 15 is 0 Å². The van der Waals surface area contributed by atoms with Gasteiger partial charge in [0.1, 0.15) is 6.04 Å². The summed E-state index contributed by atoms with van der Waals surface area (Å²) in [5.41, 5.74) is 0.745.